The third kappa shape index (κ3) is 3.38. The van der Waals surface area contributed by atoms with Gasteiger partial charge in [-0.05, 0) is 47.5 Å². The number of nitrogens with one attached hydrogen (secondary N) is 1. The van der Waals surface area contributed by atoms with Crippen molar-refractivity contribution in [2.45, 2.75) is 23.8 Å². The Bertz CT molecular complexity index is 639. The Morgan fingerprint density at radius 1 is 1.50 bits per heavy atom. The molecule has 1 aromatic carbocycles. The quantitative estimate of drug-likeness (QED) is 0.837. The zero-order valence-electron chi connectivity index (χ0n) is 10.8. The summed E-state index contributed by atoms with van der Waals surface area (Å²) in [7, 11) is -3.84. The van der Waals surface area contributed by atoms with E-state index in [0.29, 0.717) is 24.1 Å². The molecule has 1 unspecified atom stereocenters. The molecule has 2 rings (SSSR count). The smallest absolute Gasteiger partial charge is 0.252 e. The van der Waals surface area contributed by atoms with Crippen LogP contribution in [0.5, 0.6) is 0 Å². The Labute approximate surface area is 125 Å². The number of amides is 1. The molecule has 8 heteroatoms. The fraction of sp³-hybridized carbons (Fsp3) is 0.417. The van der Waals surface area contributed by atoms with Crippen molar-refractivity contribution in [3.8, 4) is 0 Å². The zero-order chi connectivity index (χ0) is 15.0. The molecule has 1 aliphatic heterocycles. The maximum absolute atomic E-state index is 12.3. The minimum Gasteiger partial charge on any atom is -0.379 e. The summed E-state index contributed by atoms with van der Waals surface area (Å²) in [5.41, 5.74) is -0.210. The number of carbonyl (C=O) groups excluding carboxylic acids is 1. The van der Waals surface area contributed by atoms with Crippen molar-refractivity contribution in [3.05, 3.63) is 28.2 Å². The predicted molar refractivity (Wildman–Crippen MR) is 76.8 cm³/mol. The molecule has 1 atom stereocenters. The fourth-order valence-electron chi connectivity index (χ4n) is 1.96. The highest BCUT2D eigenvalue weighted by atomic mass is 79.9. The monoisotopic (exact) mass is 362 g/mol. The number of carbonyl (C=O) groups is 1. The van der Waals surface area contributed by atoms with Gasteiger partial charge in [-0.1, -0.05) is 0 Å². The molecule has 1 saturated heterocycles. The number of hydrogen-bond acceptors (Lipinski definition) is 4. The highest BCUT2D eigenvalue weighted by Gasteiger charge is 2.32. The van der Waals surface area contributed by atoms with E-state index in [1.807, 2.05) is 6.92 Å². The van der Waals surface area contributed by atoms with Gasteiger partial charge in [0.25, 0.3) is 5.91 Å². The normalized spacial score (nSPS) is 22.8. The summed E-state index contributed by atoms with van der Waals surface area (Å²) < 4.78 is 28.4. The lowest BCUT2D eigenvalue weighted by Crippen LogP contribution is -2.46. The molecule has 0 radical (unpaired) electrons. The summed E-state index contributed by atoms with van der Waals surface area (Å²) >= 11 is 3.24. The average Bonchev–Trinajstić information content (AvgIpc) is 2.74. The molecule has 110 valence electrons. The minimum absolute atomic E-state index is 0.0984. The number of benzene rings is 1. The molecule has 0 aromatic heterocycles. The second-order valence-electron chi connectivity index (χ2n) is 5.00. The first kappa shape index (κ1) is 15.4. The van der Waals surface area contributed by atoms with Crippen LogP contribution in [0.4, 0.5) is 0 Å². The van der Waals surface area contributed by atoms with Crippen LogP contribution in [-0.2, 0) is 14.8 Å². The van der Waals surface area contributed by atoms with Crippen molar-refractivity contribution in [1.29, 1.82) is 0 Å². The third-order valence-corrected chi connectivity index (χ3v) is 4.75. The van der Waals surface area contributed by atoms with Gasteiger partial charge < -0.3 is 10.1 Å². The van der Waals surface area contributed by atoms with Crippen LogP contribution in [0.2, 0.25) is 0 Å². The van der Waals surface area contributed by atoms with Gasteiger partial charge in [0.2, 0.25) is 10.0 Å². The van der Waals surface area contributed by atoms with Crippen LogP contribution in [-0.4, -0.2) is 33.1 Å². The Morgan fingerprint density at radius 2 is 2.20 bits per heavy atom. The number of hydrogen-bond donors (Lipinski definition) is 2. The number of ether oxygens (including phenoxy) is 1. The molecule has 0 saturated carbocycles. The van der Waals surface area contributed by atoms with E-state index in [2.05, 4.69) is 21.2 Å². The molecule has 1 amide bonds. The van der Waals surface area contributed by atoms with E-state index in [0.717, 1.165) is 0 Å². The van der Waals surface area contributed by atoms with Crippen LogP contribution in [0.1, 0.15) is 23.7 Å². The van der Waals surface area contributed by atoms with Crippen molar-refractivity contribution in [2.24, 2.45) is 5.14 Å². The summed E-state index contributed by atoms with van der Waals surface area (Å²) in [5.74, 6) is -0.365. The summed E-state index contributed by atoms with van der Waals surface area (Å²) in [6.07, 6.45) is 0.714. The van der Waals surface area contributed by atoms with Gasteiger partial charge in [-0.2, -0.15) is 0 Å². The Hall–Kier alpha value is -0.960. The van der Waals surface area contributed by atoms with Gasteiger partial charge >= 0.3 is 0 Å². The van der Waals surface area contributed by atoms with Crippen LogP contribution in [0.3, 0.4) is 0 Å². The molecule has 6 nitrogen and oxygen atoms in total. The lowest BCUT2D eigenvalue weighted by molar-refractivity contribution is 0.0889. The van der Waals surface area contributed by atoms with E-state index in [4.69, 9.17) is 9.88 Å². The summed E-state index contributed by atoms with van der Waals surface area (Å²) in [5, 5.41) is 7.93. The van der Waals surface area contributed by atoms with Crippen LogP contribution in [0, 0.1) is 0 Å². The fourth-order valence-corrected chi connectivity index (χ4v) is 2.93. The second kappa shape index (κ2) is 5.44. The van der Waals surface area contributed by atoms with Gasteiger partial charge in [0, 0.05) is 11.1 Å². The van der Waals surface area contributed by atoms with E-state index >= 15 is 0 Å². The van der Waals surface area contributed by atoms with E-state index < -0.39 is 15.6 Å². The zero-order valence-corrected chi connectivity index (χ0v) is 13.3. The van der Waals surface area contributed by atoms with Crippen LogP contribution < -0.4 is 10.5 Å². The minimum atomic E-state index is -3.84. The molecular formula is C12H15BrN2O4S. The average molecular weight is 363 g/mol. The maximum Gasteiger partial charge on any atom is 0.252 e. The second-order valence-corrected chi connectivity index (χ2v) is 7.42. The number of halogens is 1. The van der Waals surface area contributed by atoms with Crippen molar-refractivity contribution in [1.82, 2.24) is 5.32 Å². The first-order valence-corrected chi connectivity index (χ1v) is 8.28. The van der Waals surface area contributed by atoms with Gasteiger partial charge in [0.1, 0.15) is 0 Å². The van der Waals surface area contributed by atoms with Gasteiger partial charge in [0.05, 0.1) is 22.6 Å². The molecule has 1 aliphatic rings. The van der Waals surface area contributed by atoms with Gasteiger partial charge in [-0.3, -0.25) is 4.79 Å². The number of nitrogens with two attached hydrogens (primary N) is 1. The number of sulfonamides is 1. The highest BCUT2D eigenvalue weighted by molar-refractivity contribution is 9.10. The molecular weight excluding hydrogens is 348 g/mol. The summed E-state index contributed by atoms with van der Waals surface area (Å²) in [6, 6.07) is 4.09. The first-order valence-electron chi connectivity index (χ1n) is 5.94. The lowest BCUT2D eigenvalue weighted by Gasteiger charge is -2.23. The van der Waals surface area contributed by atoms with Gasteiger partial charge in [-0.25, -0.2) is 13.6 Å². The van der Waals surface area contributed by atoms with E-state index in [9.17, 15) is 13.2 Å². The van der Waals surface area contributed by atoms with E-state index in [1.54, 1.807) is 0 Å². The largest absolute Gasteiger partial charge is 0.379 e. The summed E-state index contributed by atoms with van der Waals surface area (Å²) in [4.78, 5) is 12.2. The van der Waals surface area contributed by atoms with Crippen molar-refractivity contribution in [3.63, 3.8) is 0 Å². The topological polar surface area (TPSA) is 98.5 Å². The molecule has 0 spiro atoms. The van der Waals surface area contributed by atoms with Crippen LogP contribution in [0.25, 0.3) is 0 Å². The maximum atomic E-state index is 12.3. The van der Waals surface area contributed by atoms with Crippen LogP contribution in [0.15, 0.2) is 27.6 Å². The molecule has 0 aliphatic carbocycles. The molecule has 3 N–H and O–H groups in total. The SMILES string of the molecule is CC1(NC(=O)c2cc(S(N)(=O)=O)ccc2Br)CCOC1. The highest BCUT2D eigenvalue weighted by Crippen LogP contribution is 2.23. The predicted octanol–water partition coefficient (Wildman–Crippen LogP) is 1.01. The van der Waals surface area contributed by atoms with E-state index in [1.165, 1.54) is 18.2 Å². The van der Waals surface area contributed by atoms with Crippen molar-refractivity contribution < 1.29 is 17.9 Å². The van der Waals surface area contributed by atoms with Crippen LogP contribution >= 0.6 is 15.9 Å². The Balaban J connectivity index is 2.30. The number of rotatable bonds is 3. The van der Waals surface area contributed by atoms with Crippen molar-refractivity contribution >= 4 is 31.9 Å². The number of primary sulfonamides is 1. The van der Waals surface area contributed by atoms with Crippen molar-refractivity contribution in [2.75, 3.05) is 13.2 Å². The van der Waals surface area contributed by atoms with Gasteiger partial charge in [-0.15, -0.1) is 0 Å². The molecule has 0 bridgehead atoms. The third-order valence-electron chi connectivity index (χ3n) is 3.15. The Morgan fingerprint density at radius 3 is 2.75 bits per heavy atom. The molecule has 1 heterocycles. The standard InChI is InChI=1S/C12H15BrN2O4S/c1-12(4-5-19-7-12)15-11(16)9-6-8(20(14,17)18)2-3-10(9)13/h2-3,6H,4-5,7H2,1H3,(H,15,16)(H2,14,17,18). The molecule has 20 heavy (non-hydrogen) atoms. The summed E-state index contributed by atoms with van der Waals surface area (Å²) in [6.45, 7) is 2.91. The lowest BCUT2D eigenvalue weighted by atomic mass is 10.0. The molecule has 1 fully saturated rings. The molecule has 1 aromatic rings. The Kier molecular flexibility index (Phi) is 4.19. The van der Waals surface area contributed by atoms with E-state index in [-0.39, 0.29) is 16.4 Å². The van der Waals surface area contributed by atoms with Gasteiger partial charge in [0.15, 0.2) is 0 Å². The first-order chi connectivity index (χ1) is 9.21.